The molecule has 0 saturated carbocycles. The van der Waals surface area contributed by atoms with Crippen molar-refractivity contribution in [3.8, 4) is 6.07 Å². The van der Waals surface area contributed by atoms with Crippen LogP contribution in [0.3, 0.4) is 0 Å². The van der Waals surface area contributed by atoms with Crippen LogP contribution >= 0.6 is 0 Å². The normalized spacial score (nSPS) is 9.83. The maximum absolute atomic E-state index is 8.72. The number of hydrogen-bond acceptors (Lipinski definition) is 3. The molecule has 0 radical (unpaired) electrons. The first-order valence-corrected chi connectivity index (χ1v) is 3.81. The van der Waals surface area contributed by atoms with Crippen molar-refractivity contribution in [2.75, 3.05) is 5.73 Å². The summed E-state index contributed by atoms with van der Waals surface area (Å²) in [5.74, 6) is 0.712. The second-order valence-electron chi connectivity index (χ2n) is 2.94. The number of nitrogen functional groups attached to an aromatic ring is 1. The van der Waals surface area contributed by atoms with Gasteiger partial charge in [0.15, 0.2) is 0 Å². The van der Waals surface area contributed by atoms with Gasteiger partial charge in [-0.3, -0.25) is 0 Å². The SMILES string of the molecule is CC(C)c1ccc(N)nc1C#N. The Balaban J connectivity index is 3.23. The van der Waals surface area contributed by atoms with Gasteiger partial charge in [0.05, 0.1) is 0 Å². The van der Waals surface area contributed by atoms with Crippen LogP contribution in [0.25, 0.3) is 0 Å². The standard InChI is InChI=1S/C9H11N3/c1-6(2)7-3-4-9(11)12-8(7)5-10/h3-4,6H,1-2H3,(H2,11,12). The highest BCUT2D eigenvalue weighted by Crippen LogP contribution is 2.17. The maximum Gasteiger partial charge on any atom is 0.146 e. The van der Waals surface area contributed by atoms with E-state index in [-0.39, 0.29) is 0 Å². The Labute approximate surface area is 71.8 Å². The summed E-state index contributed by atoms with van der Waals surface area (Å²) in [6.07, 6.45) is 0. The lowest BCUT2D eigenvalue weighted by Gasteiger charge is -2.06. The Morgan fingerprint density at radius 1 is 1.50 bits per heavy atom. The average molecular weight is 161 g/mol. The van der Waals surface area contributed by atoms with E-state index < -0.39 is 0 Å². The molecule has 0 aromatic carbocycles. The molecular weight excluding hydrogens is 150 g/mol. The van der Waals surface area contributed by atoms with Gasteiger partial charge in [-0.15, -0.1) is 0 Å². The minimum Gasteiger partial charge on any atom is -0.384 e. The second-order valence-corrected chi connectivity index (χ2v) is 2.94. The monoisotopic (exact) mass is 161 g/mol. The van der Waals surface area contributed by atoms with Crippen LogP contribution in [-0.4, -0.2) is 4.98 Å². The first kappa shape index (κ1) is 8.54. The van der Waals surface area contributed by atoms with E-state index in [4.69, 9.17) is 11.0 Å². The largest absolute Gasteiger partial charge is 0.384 e. The Kier molecular flexibility index (Phi) is 2.29. The lowest BCUT2D eigenvalue weighted by molar-refractivity contribution is 0.853. The Bertz CT molecular complexity index is 323. The van der Waals surface area contributed by atoms with E-state index in [1.54, 1.807) is 6.07 Å². The molecule has 1 heterocycles. The van der Waals surface area contributed by atoms with Crippen LogP contribution in [0.15, 0.2) is 12.1 Å². The maximum atomic E-state index is 8.72. The van der Waals surface area contributed by atoms with Crippen molar-refractivity contribution >= 4 is 5.82 Å². The summed E-state index contributed by atoms with van der Waals surface area (Å²) in [6.45, 7) is 4.04. The lowest BCUT2D eigenvalue weighted by Crippen LogP contribution is -1.99. The number of nitrogens with zero attached hydrogens (tertiary/aromatic N) is 2. The molecule has 0 amide bonds. The van der Waals surface area contributed by atoms with Crippen LogP contribution in [0.1, 0.15) is 31.0 Å². The van der Waals surface area contributed by atoms with E-state index in [0.29, 0.717) is 17.4 Å². The molecule has 0 unspecified atom stereocenters. The van der Waals surface area contributed by atoms with Crippen molar-refractivity contribution in [1.29, 1.82) is 5.26 Å². The van der Waals surface area contributed by atoms with E-state index in [0.717, 1.165) is 5.56 Å². The molecule has 62 valence electrons. The van der Waals surface area contributed by atoms with Crippen molar-refractivity contribution < 1.29 is 0 Å². The Morgan fingerprint density at radius 2 is 2.17 bits per heavy atom. The van der Waals surface area contributed by atoms with E-state index in [2.05, 4.69) is 4.98 Å². The molecule has 1 aromatic rings. The number of pyridine rings is 1. The molecule has 12 heavy (non-hydrogen) atoms. The molecule has 0 saturated heterocycles. The quantitative estimate of drug-likeness (QED) is 0.681. The fourth-order valence-electron chi connectivity index (χ4n) is 1.04. The zero-order valence-electron chi connectivity index (χ0n) is 7.20. The minimum atomic E-state index is 0.313. The summed E-state index contributed by atoms with van der Waals surface area (Å²) in [5, 5.41) is 8.72. The third-order valence-corrected chi connectivity index (χ3v) is 1.68. The third-order valence-electron chi connectivity index (χ3n) is 1.68. The summed E-state index contributed by atoms with van der Waals surface area (Å²) < 4.78 is 0. The summed E-state index contributed by atoms with van der Waals surface area (Å²) in [6, 6.07) is 5.60. The molecule has 0 atom stereocenters. The molecule has 0 aliphatic carbocycles. The van der Waals surface area contributed by atoms with Crippen molar-refractivity contribution in [2.24, 2.45) is 0 Å². The number of aromatic nitrogens is 1. The van der Waals surface area contributed by atoms with Gasteiger partial charge in [0, 0.05) is 0 Å². The number of nitrogens with two attached hydrogens (primary N) is 1. The van der Waals surface area contributed by atoms with Crippen LogP contribution in [0.2, 0.25) is 0 Å². The number of rotatable bonds is 1. The van der Waals surface area contributed by atoms with E-state index in [1.165, 1.54) is 0 Å². The lowest BCUT2D eigenvalue weighted by atomic mass is 10.0. The van der Waals surface area contributed by atoms with Gasteiger partial charge in [-0.05, 0) is 17.5 Å². The summed E-state index contributed by atoms with van der Waals surface area (Å²) in [4.78, 5) is 3.93. The third kappa shape index (κ3) is 1.54. The number of nitriles is 1. The molecule has 0 fully saturated rings. The van der Waals surface area contributed by atoms with Gasteiger partial charge < -0.3 is 5.73 Å². The molecule has 3 heteroatoms. The average Bonchev–Trinajstić information content (AvgIpc) is 2.03. The zero-order chi connectivity index (χ0) is 9.14. The zero-order valence-corrected chi connectivity index (χ0v) is 7.20. The summed E-state index contributed by atoms with van der Waals surface area (Å²) >= 11 is 0. The van der Waals surface area contributed by atoms with Gasteiger partial charge in [0.1, 0.15) is 17.6 Å². The van der Waals surface area contributed by atoms with E-state index >= 15 is 0 Å². The smallest absolute Gasteiger partial charge is 0.146 e. The highest BCUT2D eigenvalue weighted by Gasteiger charge is 2.06. The predicted molar refractivity (Wildman–Crippen MR) is 47.5 cm³/mol. The van der Waals surface area contributed by atoms with Gasteiger partial charge in [-0.1, -0.05) is 19.9 Å². The van der Waals surface area contributed by atoms with Crippen molar-refractivity contribution in [3.05, 3.63) is 23.4 Å². The highest BCUT2D eigenvalue weighted by molar-refractivity contribution is 5.41. The predicted octanol–water partition coefficient (Wildman–Crippen LogP) is 1.66. The van der Waals surface area contributed by atoms with Crippen LogP contribution in [0.4, 0.5) is 5.82 Å². The fraction of sp³-hybridized carbons (Fsp3) is 0.333. The Hall–Kier alpha value is -1.56. The molecule has 0 bridgehead atoms. The molecular formula is C9H11N3. The molecule has 0 spiro atoms. The Morgan fingerprint density at radius 3 is 2.67 bits per heavy atom. The van der Waals surface area contributed by atoms with Crippen LogP contribution < -0.4 is 5.73 Å². The second kappa shape index (κ2) is 3.22. The first-order valence-electron chi connectivity index (χ1n) is 3.81. The van der Waals surface area contributed by atoms with Crippen molar-refractivity contribution in [1.82, 2.24) is 4.98 Å². The topological polar surface area (TPSA) is 62.7 Å². The number of hydrogen-bond donors (Lipinski definition) is 1. The van der Waals surface area contributed by atoms with Crippen molar-refractivity contribution in [3.63, 3.8) is 0 Å². The minimum absolute atomic E-state index is 0.313. The van der Waals surface area contributed by atoms with Gasteiger partial charge in [-0.2, -0.15) is 5.26 Å². The van der Waals surface area contributed by atoms with Gasteiger partial charge >= 0.3 is 0 Å². The first-order chi connectivity index (χ1) is 5.65. The highest BCUT2D eigenvalue weighted by atomic mass is 14.8. The van der Waals surface area contributed by atoms with Crippen molar-refractivity contribution in [2.45, 2.75) is 19.8 Å². The van der Waals surface area contributed by atoms with Crippen LogP contribution in [0.5, 0.6) is 0 Å². The molecule has 1 aromatic heterocycles. The summed E-state index contributed by atoms with van der Waals surface area (Å²) in [5.41, 5.74) is 6.83. The fourth-order valence-corrected chi connectivity index (χ4v) is 1.04. The van der Waals surface area contributed by atoms with Crippen LogP contribution in [0, 0.1) is 11.3 Å². The van der Waals surface area contributed by atoms with E-state index in [9.17, 15) is 0 Å². The van der Waals surface area contributed by atoms with E-state index in [1.807, 2.05) is 26.0 Å². The molecule has 1 rings (SSSR count). The number of anilines is 1. The van der Waals surface area contributed by atoms with Gasteiger partial charge in [0.25, 0.3) is 0 Å². The molecule has 0 aliphatic rings. The van der Waals surface area contributed by atoms with Crippen LogP contribution in [-0.2, 0) is 0 Å². The van der Waals surface area contributed by atoms with Gasteiger partial charge in [0.2, 0.25) is 0 Å². The van der Waals surface area contributed by atoms with Gasteiger partial charge in [-0.25, -0.2) is 4.98 Å². The molecule has 2 N–H and O–H groups in total. The summed E-state index contributed by atoms with van der Waals surface area (Å²) in [7, 11) is 0. The molecule has 0 aliphatic heterocycles. The molecule has 3 nitrogen and oxygen atoms in total.